The van der Waals surface area contributed by atoms with Crippen molar-refractivity contribution in [3.05, 3.63) is 65.7 Å². The maximum absolute atomic E-state index is 12.9. The second-order valence-electron chi connectivity index (χ2n) is 7.46. The first-order chi connectivity index (χ1) is 15.5. The molecule has 8 heteroatoms. The van der Waals surface area contributed by atoms with E-state index in [0.29, 0.717) is 18.3 Å². The summed E-state index contributed by atoms with van der Waals surface area (Å²) in [6.07, 6.45) is 2.87. The summed E-state index contributed by atoms with van der Waals surface area (Å²) in [4.78, 5) is 20.4. The Balaban J connectivity index is 1.77. The van der Waals surface area contributed by atoms with E-state index in [4.69, 9.17) is 14.2 Å². The lowest BCUT2D eigenvalue weighted by Gasteiger charge is -2.35. The van der Waals surface area contributed by atoms with E-state index in [-0.39, 0.29) is 6.03 Å². The van der Waals surface area contributed by atoms with Gasteiger partial charge in [0.1, 0.15) is 5.75 Å². The number of allylic oxidation sites excluding steroid dienone is 1. The van der Waals surface area contributed by atoms with Crippen molar-refractivity contribution in [2.24, 2.45) is 0 Å². The van der Waals surface area contributed by atoms with Crippen molar-refractivity contribution in [3.8, 4) is 17.1 Å². The molecule has 0 saturated heterocycles. The summed E-state index contributed by atoms with van der Waals surface area (Å²) in [6.45, 7) is 4.57. The largest absolute Gasteiger partial charge is 0.497 e. The third kappa shape index (κ3) is 4.23. The van der Waals surface area contributed by atoms with Gasteiger partial charge in [-0.3, -0.25) is 4.90 Å². The minimum atomic E-state index is -0.409. The zero-order valence-electron chi connectivity index (χ0n) is 18.6. The molecule has 0 saturated carbocycles. The number of nitrogens with one attached hydrogen (secondary N) is 1. The summed E-state index contributed by atoms with van der Waals surface area (Å²) >= 11 is 1.68. The number of ether oxygens (including phenoxy) is 1. The second kappa shape index (κ2) is 9.48. The van der Waals surface area contributed by atoms with Gasteiger partial charge in [-0.05, 0) is 61.6 Å². The number of benzene rings is 2. The number of aromatic nitrogens is 2. The molecule has 1 aliphatic rings. The highest BCUT2D eigenvalue weighted by molar-refractivity contribution is 7.98. The molecule has 7 nitrogen and oxygen atoms in total. The van der Waals surface area contributed by atoms with E-state index in [1.807, 2.05) is 68.6 Å². The van der Waals surface area contributed by atoms with Crippen molar-refractivity contribution in [3.63, 3.8) is 0 Å². The molecule has 1 N–H and O–H groups in total. The Morgan fingerprint density at radius 1 is 1.16 bits per heavy atom. The number of urea groups is 1. The molecule has 1 unspecified atom stereocenters. The van der Waals surface area contributed by atoms with Crippen LogP contribution in [0.5, 0.6) is 5.75 Å². The minimum Gasteiger partial charge on any atom is -0.497 e. The van der Waals surface area contributed by atoms with Gasteiger partial charge >= 0.3 is 6.03 Å². The van der Waals surface area contributed by atoms with Crippen LogP contribution in [0.2, 0.25) is 0 Å². The van der Waals surface area contributed by atoms with Gasteiger partial charge in [-0.2, -0.15) is 4.98 Å². The normalized spacial score (nSPS) is 16.3. The fraction of sp³-hybridized carbons (Fsp3) is 0.292. The Morgan fingerprint density at radius 2 is 1.88 bits per heavy atom. The first-order valence-corrected chi connectivity index (χ1v) is 11.7. The molecule has 2 amide bonds. The predicted octanol–water partition coefficient (Wildman–Crippen LogP) is 5.37. The third-order valence-corrected chi connectivity index (χ3v) is 6.24. The Labute approximate surface area is 191 Å². The molecule has 4 rings (SSSR count). The van der Waals surface area contributed by atoms with E-state index in [2.05, 4.69) is 10.5 Å². The Bertz CT molecular complexity index is 1120. The summed E-state index contributed by atoms with van der Waals surface area (Å²) in [5.74, 6) is 1.66. The summed E-state index contributed by atoms with van der Waals surface area (Å²) in [6, 6.07) is 15.1. The summed E-state index contributed by atoms with van der Waals surface area (Å²) < 4.78 is 11.0. The van der Waals surface area contributed by atoms with Gasteiger partial charge in [-0.25, -0.2) is 4.79 Å². The van der Waals surface area contributed by atoms with Crippen molar-refractivity contribution in [1.29, 1.82) is 0 Å². The molecule has 1 aliphatic heterocycles. The summed E-state index contributed by atoms with van der Waals surface area (Å²) in [5, 5.41) is 7.32. The standard InChI is InChI=1S/C24H26N4O3S/c1-5-14-28-15(2)20(21(25-24(28)29)16-6-10-18(30-3)11-7-16)23-26-22(27-31-23)17-8-12-19(32-4)13-9-17/h6-13,21H,5,14H2,1-4H3,(H,25,29). The first kappa shape index (κ1) is 22.0. The third-order valence-electron chi connectivity index (χ3n) is 5.50. The zero-order chi connectivity index (χ0) is 22.7. The fourth-order valence-electron chi connectivity index (χ4n) is 3.79. The molecule has 32 heavy (non-hydrogen) atoms. The van der Waals surface area contributed by atoms with E-state index in [1.165, 1.54) is 4.90 Å². The maximum Gasteiger partial charge on any atom is 0.322 e. The Hall–Kier alpha value is -3.26. The average molecular weight is 451 g/mol. The number of thioether (sulfide) groups is 1. The van der Waals surface area contributed by atoms with E-state index >= 15 is 0 Å². The van der Waals surface area contributed by atoms with Crippen LogP contribution in [-0.4, -0.2) is 41.0 Å². The molecule has 2 heterocycles. The molecule has 166 valence electrons. The van der Waals surface area contributed by atoms with E-state index in [9.17, 15) is 4.79 Å². The molecule has 1 aromatic heterocycles. The summed E-state index contributed by atoms with van der Waals surface area (Å²) in [5.41, 5.74) is 3.39. The van der Waals surface area contributed by atoms with E-state index in [1.54, 1.807) is 23.8 Å². The van der Waals surface area contributed by atoms with Crippen LogP contribution in [0.3, 0.4) is 0 Å². The van der Waals surface area contributed by atoms with Crippen molar-refractivity contribution in [2.45, 2.75) is 31.2 Å². The van der Waals surface area contributed by atoms with E-state index < -0.39 is 6.04 Å². The lowest BCUT2D eigenvalue weighted by molar-refractivity contribution is 0.205. The molecule has 1 atom stereocenters. The number of hydrogen-bond donors (Lipinski definition) is 1. The van der Waals surface area contributed by atoms with Crippen LogP contribution in [0.15, 0.2) is 63.6 Å². The van der Waals surface area contributed by atoms with Crippen LogP contribution in [0.1, 0.15) is 37.8 Å². The lowest BCUT2D eigenvalue weighted by atomic mass is 9.94. The fourth-order valence-corrected chi connectivity index (χ4v) is 4.20. The van der Waals surface area contributed by atoms with Gasteiger partial charge in [-0.15, -0.1) is 11.8 Å². The Morgan fingerprint density at radius 3 is 2.50 bits per heavy atom. The quantitative estimate of drug-likeness (QED) is 0.487. The topological polar surface area (TPSA) is 80.5 Å². The van der Waals surface area contributed by atoms with Crippen LogP contribution in [0.25, 0.3) is 17.0 Å². The predicted molar refractivity (Wildman–Crippen MR) is 125 cm³/mol. The highest BCUT2D eigenvalue weighted by atomic mass is 32.2. The van der Waals surface area contributed by atoms with Crippen LogP contribution in [0.4, 0.5) is 4.79 Å². The lowest BCUT2D eigenvalue weighted by Crippen LogP contribution is -2.46. The van der Waals surface area contributed by atoms with Gasteiger partial charge in [0.15, 0.2) is 0 Å². The number of rotatable bonds is 7. The molecule has 0 bridgehead atoms. The van der Waals surface area contributed by atoms with Gasteiger partial charge in [-0.1, -0.05) is 24.2 Å². The highest BCUT2D eigenvalue weighted by Gasteiger charge is 2.35. The van der Waals surface area contributed by atoms with Crippen LogP contribution >= 0.6 is 11.8 Å². The van der Waals surface area contributed by atoms with Crippen molar-refractivity contribution in [2.75, 3.05) is 19.9 Å². The molecule has 0 spiro atoms. The van der Waals surface area contributed by atoms with Crippen LogP contribution in [-0.2, 0) is 0 Å². The molecule has 0 aliphatic carbocycles. The van der Waals surface area contributed by atoms with Gasteiger partial charge in [0.2, 0.25) is 5.82 Å². The number of nitrogens with zero attached hydrogens (tertiary/aromatic N) is 3. The molecular weight excluding hydrogens is 424 g/mol. The molecule has 2 aromatic carbocycles. The SMILES string of the molecule is CCCN1C(=O)NC(c2ccc(OC)cc2)C(c2nc(-c3ccc(SC)cc3)no2)=C1C. The number of amides is 2. The van der Waals surface area contributed by atoms with Crippen molar-refractivity contribution < 1.29 is 14.1 Å². The molecule has 0 fully saturated rings. The van der Waals surface area contributed by atoms with Crippen LogP contribution in [0, 0.1) is 0 Å². The molecule has 3 aromatic rings. The Kier molecular flexibility index (Phi) is 6.50. The van der Waals surface area contributed by atoms with Gasteiger partial charge in [0, 0.05) is 22.7 Å². The second-order valence-corrected chi connectivity index (χ2v) is 8.34. The average Bonchev–Trinajstić information content (AvgIpc) is 3.31. The van der Waals surface area contributed by atoms with Gasteiger partial charge in [0.05, 0.1) is 18.7 Å². The first-order valence-electron chi connectivity index (χ1n) is 10.5. The van der Waals surface area contributed by atoms with Crippen LogP contribution < -0.4 is 10.1 Å². The van der Waals surface area contributed by atoms with Crippen molar-refractivity contribution in [1.82, 2.24) is 20.4 Å². The monoisotopic (exact) mass is 450 g/mol. The van der Waals surface area contributed by atoms with E-state index in [0.717, 1.165) is 34.6 Å². The number of methoxy groups -OCH3 is 1. The number of hydrogen-bond acceptors (Lipinski definition) is 6. The number of carbonyl (C=O) groups is 1. The molecular formula is C24H26N4O3S. The van der Waals surface area contributed by atoms with Gasteiger partial charge in [0.25, 0.3) is 5.89 Å². The highest BCUT2D eigenvalue weighted by Crippen LogP contribution is 2.37. The maximum atomic E-state index is 12.9. The smallest absolute Gasteiger partial charge is 0.322 e. The number of carbonyl (C=O) groups excluding carboxylic acids is 1. The van der Waals surface area contributed by atoms with Gasteiger partial charge < -0.3 is 14.6 Å². The minimum absolute atomic E-state index is 0.138. The summed E-state index contributed by atoms with van der Waals surface area (Å²) in [7, 11) is 1.63. The zero-order valence-corrected chi connectivity index (χ0v) is 19.4. The van der Waals surface area contributed by atoms with Crippen molar-refractivity contribution >= 4 is 23.4 Å². The molecule has 0 radical (unpaired) electrons.